The lowest BCUT2D eigenvalue weighted by Crippen LogP contribution is -2.25. The van der Waals surface area contributed by atoms with E-state index in [9.17, 15) is 4.21 Å². The van der Waals surface area contributed by atoms with Gasteiger partial charge in [0.2, 0.25) is 0 Å². The lowest BCUT2D eigenvalue weighted by atomic mass is 10.2. The maximum absolute atomic E-state index is 12.1. The van der Waals surface area contributed by atoms with Crippen molar-refractivity contribution in [3.8, 4) is 11.8 Å². The van der Waals surface area contributed by atoms with Crippen LogP contribution in [-0.2, 0) is 15.5 Å². The highest BCUT2D eigenvalue weighted by Gasteiger charge is 2.29. The molecule has 1 aromatic rings. The van der Waals surface area contributed by atoms with E-state index in [1.807, 2.05) is 19.1 Å². The van der Waals surface area contributed by atoms with Gasteiger partial charge in [0, 0.05) is 23.2 Å². The van der Waals surface area contributed by atoms with Crippen LogP contribution in [0.25, 0.3) is 0 Å². The van der Waals surface area contributed by atoms with Crippen molar-refractivity contribution in [3.63, 3.8) is 0 Å². The molecule has 1 aromatic carbocycles. The molecule has 108 valence electrons. The molecule has 1 aliphatic heterocycles. The summed E-state index contributed by atoms with van der Waals surface area (Å²) in [5.41, 5.74) is 0.534. The van der Waals surface area contributed by atoms with Gasteiger partial charge in [-0.05, 0) is 31.9 Å². The zero-order valence-electron chi connectivity index (χ0n) is 11.6. The van der Waals surface area contributed by atoms with Gasteiger partial charge in [0.15, 0.2) is 0 Å². The van der Waals surface area contributed by atoms with E-state index in [0.717, 1.165) is 12.8 Å². The molecule has 5 heteroatoms. The summed E-state index contributed by atoms with van der Waals surface area (Å²) in [5, 5.41) is 9.10. The number of nitrogens with zero attached hydrogens (tertiary/aromatic N) is 1. The highest BCUT2D eigenvalue weighted by Crippen LogP contribution is 2.20. The van der Waals surface area contributed by atoms with Crippen molar-refractivity contribution in [1.29, 1.82) is 5.26 Å². The van der Waals surface area contributed by atoms with Crippen molar-refractivity contribution in [3.05, 3.63) is 29.8 Å². The summed E-state index contributed by atoms with van der Waals surface area (Å²) >= 11 is 0. The van der Waals surface area contributed by atoms with Gasteiger partial charge in [-0.3, -0.25) is 4.21 Å². The lowest BCUT2D eigenvalue weighted by Gasteiger charge is -2.13. The average Bonchev–Trinajstić information content (AvgIpc) is 2.90. The summed E-state index contributed by atoms with van der Waals surface area (Å²) in [6.07, 6.45) is 1.69. The second-order valence-corrected chi connectivity index (χ2v) is 6.57. The molecule has 0 aromatic heterocycles. The highest BCUT2D eigenvalue weighted by molar-refractivity contribution is 7.85. The van der Waals surface area contributed by atoms with E-state index in [-0.39, 0.29) is 11.4 Å². The first-order chi connectivity index (χ1) is 9.72. The van der Waals surface area contributed by atoms with Gasteiger partial charge in [-0.1, -0.05) is 12.1 Å². The largest absolute Gasteiger partial charge is 0.492 e. The Bertz CT molecular complexity index is 512. The summed E-state index contributed by atoms with van der Waals surface area (Å²) in [6, 6.07) is 9.25. The fourth-order valence-electron chi connectivity index (χ4n) is 2.28. The maximum atomic E-state index is 12.1. The van der Waals surface area contributed by atoms with Crippen LogP contribution in [0.2, 0.25) is 0 Å². The van der Waals surface area contributed by atoms with Crippen LogP contribution >= 0.6 is 0 Å². The first-order valence-corrected chi connectivity index (χ1v) is 8.21. The molecule has 1 fully saturated rings. The number of ether oxygens (including phenoxy) is 2. The summed E-state index contributed by atoms with van der Waals surface area (Å²) < 4.78 is 23.1. The Balaban J connectivity index is 1.74. The smallest absolute Gasteiger partial charge is 0.137 e. The van der Waals surface area contributed by atoms with Crippen LogP contribution < -0.4 is 4.74 Å². The monoisotopic (exact) mass is 293 g/mol. The molecular weight excluding hydrogens is 274 g/mol. The molecule has 0 bridgehead atoms. The quantitative estimate of drug-likeness (QED) is 0.755. The first kappa shape index (κ1) is 15.0. The Labute approximate surface area is 122 Å². The van der Waals surface area contributed by atoms with Gasteiger partial charge in [0.05, 0.1) is 23.5 Å². The molecule has 3 atom stereocenters. The zero-order valence-corrected chi connectivity index (χ0v) is 12.4. The average molecular weight is 293 g/mol. The predicted molar refractivity (Wildman–Crippen MR) is 78.1 cm³/mol. The van der Waals surface area contributed by atoms with Crippen LogP contribution in [0.5, 0.6) is 5.75 Å². The molecule has 0 radical (unpaired) electrons. The summed E-state index contributed by atoms with van der Waals surface area (Å²) in [4.78, 5) is 0. The van der Waals surface area contributed by atoms with Crippen molar-refractivity contribution in [2.45, 2.75) is 31.1 Å². The molecule has 20 heavy (non-hydrogen) atoms. The molecule has 1 aliphatic rings. The number of para-hydroxylation sites is 1. The molecule has 0 amide bonds. The Morgan fingerprint density at radius 2 is 2.30 bits per heavy atom. The van der Waals surface area contributed by atoms with Gasteiger partial charge in [-0.15, -0.1) is 0 Å². The van der Waals surface area contributed by atoms with Crippen molar-refractivity contribution in [2.75, 3.05) is 19.0 Å². The number of hydrogen-bond acceptors (Lipinski definition) is 4. The second-order valence-electron chi connectivity index (χ2n) is 4.80. The number of hydrogen-bond donors (Lipinski definition) is 0. The van der Waals surface area contributed by atoms with E-state index in [2.05, 4.69) is 6.07 Å². The van der Waals surface area contributed by atoms with Crippen molar-refractivity contribution < 1.29 is 13.7 Å². The van der Waals surface area contributed by atoms with E-state index >= 15 is 0 Å². The van der Waals surface area contributed by atoms with E-state index in [1.165, 1.54) is 0 Å². The molecule has 3 unspecified atom stereocenters. The fourth-order valence-corrected chi connectivity index (χ4v) is 3.85. The van der Waals surface area contributed by atoms with Gasteiger partial charge >= 0.3 is 0 Å². The van der Waals surface area contributed by atoms with Crippen molar-refractivity contribution in [1.82, 2.24) is 0 Å². The molecular formula is C15H19NO3S. The number of rotatable bonds is 6. The molecule has 4 nitrogen and oxygen atoms in total. The topological polar surface area (TPSA) is 59.3 Å². The molecule has 0 N–H and O–H groups in total. The van der Waals surface area contributed by atoms with Crippen LogP contribution in [0.15, 0.2) is 24.3 Å². The number of nitriles is 1. The normalized spacial score (nSPS) is 23.2. The first-order valence-electron chi connectivity index (χ1n) is 6.83. The molecule has 1 heterocycles. The van der Waals surface area contributed by atoms with E-state index in [4.69, 9.17) is 14.7 Å². The Kier molecular flexibility index (Phi) is 5.57. The van der Waals surface area contributed by atoms with Crippen molar-refractivity contribution in [2.24, 2.45) is 0 Å². The lowest BCUT2D eigenvalue weighted by molar-refractivity contribution is 0.127. The van der Waals surface area contributed by atoms with Crippen LogP contribution in [0, 0.1) is 11.3 Å². The van der Waals surface area contributed by atoms with Gasteiger partial charge in [-0.25, -0.2) is 0 Å². The standard InChI is InChI=1S/C15H19NO3S/c1-12-15(7-9-18-12)20(17)10-4-8-19-14-6-3-2-5-13(14)11-16/h2-3,5-6,12,15H,4,7-10H2,1H3. The fraction of sp³-hybridized carbons (Fsp3) is 0.533. The Hall–Kier alpha value is -1.38. The minimum Gasteiger partial charge on any atom is -0.492 e. The third-order valence-corrected chi connectivity index (χ3v) is 5.38. The van der Waals surface area contributed by atoms with Gasteiger partial charge in [-0.2, -0.15) is 5.26 Å². The SMILES string of the molecule is CC1OCCC1S(=O)CCCOc1ccccc1C#N. The van der Waals surface area contributed by atoms with Gasteiger partial charge in [0.25, 0.3) is 0 Å². The minimum absolute atomic E-state index is 0.0936. The van der Waals surface area contributed by atoms with E-state index < -0.39 is 10.8 Å². The minimum atomic E-state index is -0.860. The second kappa shape index (κ2) is 7.41. The van der Waals surface area contributed by atoms with E-state index in [1.54, 1.807) is 12.1 Å². The predicted octanol–water partition coefficient (Wildman–Crippen LogP) is 2.25. The van der Waals surface area contributed by atoms with Gasteiger partial charge in [0.1, 0.15) is 11.8 Å². The van der Waals surface area contributed by atoms with Crippen molar-refractivity contribution >= 4 is 10.8 Å². The molecule has 0 saturated carbocycles. The highest BCUT2D eigenvalue weighted by atomic mass is 32.2. The third kappa shape index (κ3) is 3.81. The molecule has 2 rings (SSSR count). The summed E-state index contributed by atoms with van der Waals surface area (Å²) in [7, 11) is -0.860. The summed E-state index contributed by atoms with van der Waals surface area (Å²) in [6.45, 7) is 3.17. The van der Waals surface area contributed by atoms with Gasteiger partial charge < -0.3 is 9.47 Å². The van der Waals surface area contributed by atoms with Crippen LogP contribution in [0.4, 0.5) is 0 Å². The summed E-state index contributed by atoms with van der Waals surface area (Å²) in [5.74, 6) is 1.21. The van der Waals surface area contributed by atoms with Crippen LogP contribution in [0.3, 0.4) is 0 Å². The van der Waals surface area contributed by atoms with Crippen LogP contribution in [-0.4, -0.2) is 34.5 Å². The maximum Gasteiger partial charge on any atom is 0.137 e. The van der Waals surface area contributed by atoms with Crippen LogP contribution in [0.1, 0.15) is 25.3 Å². The van der Waals surface area contributed by atoms with E-state index in [0.29, 0.717) is 30.3 Å². The third-order valence-electron chi connectivity index (χ3n) is 3.40. The molecule has 1 saturated heterocycles. The Morgan fingerprint density at radius 3 is 3.00 bits per heavy atom. The Morgan fingerprint density at radius 1 is 1.50 bits per heavy atom. The zero-order chi connectivity index (χ0) is 14.4. The molecule has 0 aliphatic carbocycles. The number of benzene rings is 1. The molecule has 0 spiro atoms.